The maximum absolute atomic E-state index is 15.4. The van der Waals surface area contributed by atoms with E-state index >= 15 is 4.39 Å². The summed E-state index contributed by atoms with van der Waals surface area (Å²) in [7, 11) is 0. The van der Waals surface area contributed by atoms with Crippen LogP contribution in [0.15, 0.2) is 66.0 Å². The number of hydrogen-bond donors (Lipinski definition) is 1. The minimum Gasteiger partial charge on any atom is -0.462 e. The topological polar surface area (TPSA) is 95.5 Å². The van der Waals surface area contributed by atoms with Gasteiger partial charge in [0.2, 0.25) is 5.95 Å². The Bertz CT molecular complexity index is 1490. The summed E-state index contributed by atoms with van der Waals surface area (Å²) in [5.74, 6) is -0.448. The number of pyridine rings is 1. The van der Waals surface area contributed by atoms with E-state index in [0.717, 1.165) is 5.56 Å². The summed E-state index contributed by atoms with van der Waals surface area (Å²) in [5, 5.41) is 0. The molecule has 2 aromatic heterocycles. The molecule has 2 aromatic carbocycles. The summed E-state index contributed by atoms with van der Waals surface area (Å²) in [6.07, 6.45) is 4.70. The fraction of sp³-hybridized carbons (Fsp3) is 0.120. The van der Waals surface area contributed by atoms with Gasteiger partial charge in [0.1, 0.15) is 12.4 Å². The first kappa shape index (κ1) is 20.2. The van der Waals surface area contributed by atoms with Crippen molar-refractivity contribution in [3.05, 3.63) is 89.5 Å². The number of hydrogen-bond acceptors (Lipinski definition) is 7. The minimum atomic E-state index is -1.19. The highest BCUT2D eigenvalue weighted by molar-refractivity contribution is 5.78. The first-order valence-corrected chi connectivity index (χ1v) is 10.5. The summed E-state index contributed by atoms with van der Waals surface area (Å²) >= 11 is 0. The number of aliphatic imine (C=N–C) groups is 1. The first-order chi connectivity index (χ1) is 16.4. The van der Waals surface area contributed by atoms with Crippen LogP contribution < -0.4 is 10.5 Å². The van der Waals surface area contributed by atoms with Crippen molar-refractivity contribution in [1.29, 1.82) is 0 Å². The van der Waals surface area contributed by atoms with Gasteiger partial charge < -0.3 is 15.2 Å². The summed E-state index contributed by atoms with van der Waals surface area (Å²) in [4.78, 5) is 17.0. The average molecular weight is 457 g/mol. The second-order valence-electron chi connectivity index (χ2n) is 8.17. The molecule has 0 radical (unpaired) electrons. The van der Waals surface area contributed by atoms with Crippen LogP contribution in [0.25, 0.3) is 22.5 Å². The normalized spacial score (nSPS) is 18.0. The van der Waals surface area contributed by atoms with Crippen LogP contribution in [-0.4, -0.2) is 27.6 Å². The Kier molecular flexibility index (Phi) is 4.35. The molecular formula is C25H17F2N5O2. The number of nitrogens with zero attached hydrogens (tertiary/aromatic N) is 4. The molecule has 7 nitrogen and oxygen atoms in total. The van der Waals surface area contributed by atoms with Crippen molar-refractivity contribution in [2.75, 3.05) is 6.61 Å². The van der Waals surface area contributed by atoms with E-state index in [9.17, 15) is 4.39 Å². The van der Waals surface area contributed by atoms with Gasteiger partial charge in [-0.25, -0.2) is 24.3 Å². The molecule has 0 saturated heterocycles. The Hall–Kier alpha value is -4.40. The molecule has 4 aromatic rings. The molecule has 2 aliphatic heterocycles. The lowest BCUT2D eigenvalue weighted by Crippen LogP contribution is -2.31. The molecule has 34 heavy (non-hydrogen) atoms. The molecule has 168 valence electrons. The quantitative estimate of drug-likeness (QED) is 0.446. The van der Waals surface area contributed by atoms with Crippen LogP contribution >= 0.6 is 0 Å². The zero-order valence-corrected chi connectivity index (χ0v) is 17.9. The van der Waals surface area contributed by atoms with Crippen LogP contribution in [0.5, 0.6) is 11.5 Å². The zero-order valence-electron chi connectivity index (χ0n) is 17.9. The smallest absolute Gasteiger partial charge is 0.283 e. The lowest BCUT2D eigenvalue weighted by atomic mass is 9.79. The van der Waals surface area contributed by atoms with E-state index in [4.69, 9.17) is 15.2 Å². The van der Waals surface area contributed by atoms with Crippen LogP contribution in [0.3, 0.4) is 0 Å². The molecule has 0 amide bonds. The van der Waals surface area contributed by atoms with Gasteiger partial charge >= 0.3 is 0 Å². The second kappa shape index (κ2) is 7.31. The van der Waals surface area contributed by atoms with Gasteiger partial charge in [0.15, 0.2) is 22.9 Å². The summed E-state index contributed by atoms with van der Waals surface area (Å²) < 4.78 is 41.3. The van der Waals surface area contributed by atoms with Crippen molar-refractivity contribution in [1.82, 2.24) is 15.0 Å². The third kappa shape index (κ3) is 3.01. The van der Waals surface area contributed by atoms with Gasteiger partial charge in [0.25, 0.3) is 6.02 Å². The third-order valence-electron chi connectivity index (χ3n) is 5.97. The number of aryl methyl sites for hydroxylation is 1. The van der Waals surface area contributed by atoms with E-state index in [-0.39, 0.29) is 18.4 Å². The van der Waals surface area contributed by atoms with E-state index < -0.39 is 17.3 Å². The van der Waals surface area contributed by atoms with Gasteiger partial charge in [-0.2, -0.15) is 4.39 Å². The van der Waals surface area contributed by atoms with Crippen LogP contribution in [0.4, 0.5) is 8.78 Å². The Morgan fingerprint density at radius 1 is 0.971 bits per heavy atom. The Morgan fingerprint density at radius 3 is 2.50 bits per heavy atom. The molecule has 2 N–H and O–H groups in total. The van der Waals surface area contributed by atoms with Crippen LogP contribution in [0, 0.1) is 18.7 Å². The van der Waals surface area contributed by atoms with Crippen molar-refractivity contribution in [2.45, 2.75) is 12.5 Å². The Balaban J connectivity index is 1.58. The molecule has 0 unspecified atom stereocenters. The largest absolute Gasteiger partial charge is 0.462 e. The highest BCUT2D eigenvalue weighted by atomic mass is 19.1. The fourth-order valence-electron chi connectivity index (χ4n) is 4.35. The van der Waals surface area contributed by atoms with Gasteiger partial charge in [-0.3, -0.25) is 0 Å². The summed E-state index contributed by atoms with van der Waals surface area (Å²) in [6, 6.07) is 11.4. The molecule has 0 aliphatic carbocycles. The molecule has 9 heteroatoms. The van der Waals surface area contributed by atoms with E-state index in [1.807, 2.05) is 6.92 Å². The number of aromatic nitrogens is 3. The van der Waals surface area contributed by atoms with E-state index in [2.05, 4.69) is 19.9 Å². The molecule has 4 heterocycles. The summed E-state index contributed by atoms with van der Waals surface area (Å²) in [5.41, 5.74) is 7.95. The Morgan fingerprint density at radius 2 is 1.76 bits per heavy atom. The average Bonchev–Trinajstić information content (AvgIpc) is 3.23. The van der Waals surface area contributed by atoms with E-state index in [1.54, 1.807) is 48.8 Å². The van der Waals surface area contributed by atoms with Crippen LogP contribution in [0.2, 0.25) is 0 Å². The maximum Gasteiger partial charge on any atom is 0.283 e. The molecule has 0 saturated carbocycles. The highest BCUT2D eigenvalue weighted by Crippen LogP contribution is 2.53. The van der Waals surface area contributed by atoms with E-state index in [1.165, 1.54) is 12.3 Å². The molecule has 2 aliphatic rings. The predicted molar refractivity (Wildman–Crippen MR) is 120 cm³/mol. The van der Waals surface area contributed by atoms with Gasteiger partial charge in [-0.05, 0) is 54.4 Å². The van der Waals surface area contributed by atoms with Crippen LogP contribution in [-0.2, 0) is 10.3 Å². The third-order valence-corrected chi connectivity index (χ3v) is 5.97. The number of benzene rings is 2. The lowest BCUT2D eigenvalue weighted by molar-refractivity contribution is 0.262. The van der Waals surface area contributed by atoms with Crippen molar-refractivity contribution < 1.29 is 18.3 Å². The molecule has 1 spiro atoms. The number of halogens is 2. The first-order valence-electron chi connectivity index (χ1n) is 10.5. The summed E-state index contributed by atoms with van der Waals surface area (Å²) in [6.45, 7) is 1.89. The Labute approximate surface area is 193 Å². The van der Waals surface area contributed by atoms with E-state index in [0.29, 0.717) is 39.4 Å². The molecule has 0 bridgehead atoms. The molecule has 0 fully saturated rings. The zero-order chi connectivity index (χ0) is 23.4. The second-order valence-corrected chi connectivity index (χ2v) is 8.17. The number of ether oxygens (including phenoxy) is 2. The number of rotatable bonds is 2. The fourth-order valence-corrected chi connectivity index (χ4v) is 4.35. The number of amidine groups is 1. The predicted octanol–water partition coefficient (Wildman–Crippen LogP) is 4.49. The number of nitrogens with two attached hydrogens (primary N) is 1. The lowest BCUT2D eigenvalue weighted by Gasteiger charge is -2.34. The van der Waals surface area contributed by atoms with Gasteiger partial charge in [0, 0.05) is 40.8 Å². The molecule has 1 atom stereocenters. The monoisotopic (exact) mass is 457 g/mol. The van der Waals surface area contributed by atoms with Crippen molar-refractivity contribution in [2.24, 2.45) is 10.7 Å². The number of fused-ring (bicyclic) bond motifs is 4. The van der Waals surface area contributed by atoms with Crippen molar-refractivity contribution in [3.63, 3.8) is 0 Å². The van der Waals surface area contributed by atoms with Crippen LogP contribution in [0.1, 0.15) is 16.7 Å². The van der Waals surface area contributed by atoms with Gasteiger partial charge in [-0.1, -0.05) is 6.07 Å². The minimum absolute atomic E-state index is 0.0192. The SMILES string of the molecule is Cc1cnc(-c2cc(F)c3c(c2)[C@]2(COC(N)=N2)c2cc(-c4cccnc4F)ccc2O3)nc1. The van der Waals surface area contributed by atoms with Crippen molar-refractivity contribution in [3.8, 4) is 34.0 Å². The molecule has 6 rings (SSSR count). The standard InChI is InChI=1S/C25H17F2N5O2/c1-13-10-30-23(31-11-13)15-8-18-21(19(26)9-15)34-20-5-4-14(16-3-2-6-29-22(16)27)7-17(20)25(18)12-33-24(28)32-25/h2-11H,12H2,1H3,(H2,28,32)/t25-/m0/s1. The van der Waals surface area contributed by atoms with Crippen molar-refractivity contribution >= 4 is 6.02 Å². The van der Waals surface area contributed by atoms with Gasteiger partial charge in [0.05, 0.1) is 0 Å². The molecular weight excluding hydrogens is 440 g/mol. The maximum atomic E-state index is 15.4. The highest BCUT2D eigenvalue weighted by Gasteiger charge is 2.48. The van der Waals surface area contributed by atoms with Gasteiger partial charge in [-0.15, -0.1) is 0 Å².